The van der Waals surface area contributed by atoms with Crippen LogP contribution in [0, 0.1) is 18.2 Å². The Kier molecular flexibility index (Phi) is 4.39. The maximum atomic E-state index is 14.2. The van der Waals surface area contributed by atoms with Gasteiger partial charge in [0.1, 0.15) is 24.1 Å². The molecule has 1 aromatic rings. The van der Waals surface area contributed by atoms with Crippen LogP contribution in [-0.4, -0.2) is 24.5 Å². The number of hydrogen-bond acceptors (Lipinski definition) is 4. The van der Waals surface area contributed by atoms with Crippen LogP contribution in [0.4, 0.5) is 14.9 Å². The summed E-state index contributed by atoms with van der Waals surface area (Å²) in [5.41, 5.74) is 0.666. The lowest BCUT2D eigenvalue weighted by atomic mass is 9.95. The van der Waals surface area contributed by atoms with Gasteiger partial charge in [0.25, 0.3) is 0 Å². The molecule has 1 aromatic carbocycles. The molecule has 1 amide bonds. The van der Waals surface area contributed by atoms with Crippen molar-refractivity contribution in [3.8, 4) is 18.1 Å². The number of ether oxygens (including phenoxy) is 2. The van der Waals surface area contributed by atoms with Gasteiger partial charge in [0.2, 0.25) is 0 Å². The van der Waals surface area contributed by atoms with E-state index < -0.39 is 11.9 Å². The fraction of sp³-hybridized carbons (Fsp3) is 0.375. The number of halogens is 2. The van der Waals surface area contributed by atoms with Crippen molar-refractivity contribution in [1.29, 1.82) is 0 Å². The third-order valence-electron chi connectivity index (χ3n) is 3.71. The fourth-order valence-corrected chi connectivity index (χ4v) is 2.81. The van der Waals surface area contributed by atoms with Crippen LogP contribution < -0.4 is 9.75 Å². The van der Waals surface area contributed by atoms with Crippen molar-refractivity contribution in [2.24, 2.45) is 5.10 Å². The van der Waals surface area contributed by atoms with E-state index in [1.807, 2.05) is 0 Å². The molecule has 5 nitrogen and oxygen atoms in total. The van der Waals surface area contributed by atoms with Crippen LogP contribution in [0.3, 0.4) is 0 Å². The van der Waals surface area contributed by atoms with Crippen LogP contribution in [0.25, 0.3) is 0 Å². The third kappa shape index (κ3) is 3.10. The van der Waals surface area contributed by atoms with E-state index in [4.69, 9.17) is 27.5 Å². The molecule has 2 aliphatic rings. The van der Waals surface area contributed by atoms with Gasteiger partial charge < -0.3 is 9.47 Å². The molecule has 0 bridgehead atoms. The van der Waals surface area contributed by atoms with Crippen LogP contribution in [0.5, 0.6) is 5.75 Å². The van der Waals surface area contributed by atoms with Crippen LogP contribution in [0.1, 0.15) is 25.7 Å². The van der Waals surface area contributed by atoms with Crippen molar-refractivity contribution < 1.29 is 18.7 Å². The average molecular weight is 337 g/mol. The Morgan fingerprint density at radius 1 is 1.52 bits per heavy atom. The van der Waals surface area contributed by atoms with Crippen molar-refractivity contribution in [3.63, 3.8) is 0 Å². The Bertz CT molecular complexity index is 714. The van der Waals surface area contributed by atoms with Gasteiger partial charge in [0.15, 0.2) is 5.82 Å². The maximum absolute atomic E-state index is 14.2. The highest BCUT2D eigenvalue weighted by Gasteiger charge is 2.34. The highest BCUT2D eigenvalue weighted by atomic mass is 35.5. The van der Waals surface area contributed by atoms with Gasteiger partial charge in [0.05, 0.1) is 10.7 Å². The molecule has 1 fully saturated rings. The number of carbonyl (C=O) groups excluding carboxylic acids is 1. The molecule has 0 spiro atoms. The van der Waals surface area contributed by atoms with E-state index in [0.29, 0.717) is 0 Å². The lowest BCUT2D eigenvalue weighted by Crippen LogP contribution is -2.43. The largest absolute Gasteiger partial charge is 0.479 e. The number of amides is 1. The molecule has 1 atom stereocenters. The van der Waals surface area contributed by atoms with Gasteiger partial charge in [0, 0.05) is 6.07 Å². The minimum absolute atomic E-state index is 0.0220. The molecule has 1 unspecified atom stereocenters. The van der Waals surface area contributed by atoms with Gasteiger partial charge in [-0.25, -0.2) is 9.18 Å². The van der Waals surface area contributed by atoms with Gasteiger partial charge in [-0.2, -0.15) is 10.1 Å². The summed E-state index contributed by atoms with van der Waals surface area (Å²) in [5, 5.41) is 5.24. The number of nitrogens with zero attached hydrogens (tertiary/aromatic N) is 2. The Balaban J connectivity index is 1.97. The van der Waals surface area contributed by atoms with Gasteiger partial charge in [-0.1, -0.05) is 17.5 Å². The molecule has 1 heterocycles. The van der Waals surface area contributed by atoms with E-state index in [9.17, 15) is 9.18 Å². The molecule has 0 saturated heterocycles. The maximum Gasteiger partial charge on any atom is 0.435 e. The SMILES string of the molecule is C#CCOc1cc(N2N=C3CCCCC3OC2=O)c(F)cc1Cl. The number of rotatable bonds is 3. The lowest BCUT2D eigenvalue weighted by molar-refractivity contribution is 0.118. The first-order valence-electron chi connectivity index (χ1n) is 7.23. The summed E-state index contributed by atoms with van der Waals surface area (Å²) in [6.45, 7) is -0.0220. The zero-order valence-electron chi connectivity index (χ0n) is 12.2. The summed E-state index contributed by atoms with van der Waals surface area (Å²) < 4.78 is 24.8. The fourth-order valence-electron chi connectivity index (χ4n) is 2.61. The van der Waals surface area contributed by atoms with Gasteiger partial charge >= 0.3 is 6.09 Å². The normalized spacial score (nSPS) is 20.2. The molecule has 0 aromatic heterocycles. The zero-order chi connectivity index (χ0) is 16.4. The molecular formula is C16H14ClFN2O3. The number of benzene rings is 1. The second-order valence-corrected chi connectivity index (χ2v) is 5.66. The molecule has 23 heavy (non-hydrogen) atoms. The first kappa shape index (κ1) is 15.6. The van der Waals surface area contributed by atoms with Gasteiger partial charge in [-0.15, -0.1) is 6.42 Å². The Morgan fingerprint density at radius 3 is 3.13 bits per heavy atom. The summed E-state index contributed by atoms with van der Waals surface area (Å²) in [7, 11) is 0. The predicted octanol–water partition coefficient (Wildman–Crippen LogP) is 3.75. The average Bonchev–Trinajstić information content (AvgIpc) is 2.54. The van der Waals surface area contributed by atoms with Crippen LogP contribution in [-0.2, 0) is 4.74 Å². The highest BCUT2D eigenvalue weighted by Crippen LogP contribution is 2.35. The number of carbonyl (C=O) groups is 1. The predicted molar refractivity (Wildman–Crippen MR) is 84.4 cm³/mol. The monoisotopic (exact) mass is 336 g/mol. The van der Waals surface area contributed by atoms with Crippen molar-refractivity contribution in [2.75, 3.05) is 11.6 Å². The summed E-state index contributed by atoms with van der Waals surface area (Å²) in [5.74, 6) is 1.78. The molecule has 1 saturated carbocycles. The van der Waals surface area contributed by atoms with Gasteiger partial charge in [-0.3, -0.25) is 0 Å². The van der Waals surface area contributed by atoms with E-state index >= 15 is 0 Å². The molecule has 0 N–H and O–H groups in total. The number of anilines is 1. The van der Waals surface area contributed by atoms with Crippen LogP contribution >= 0.6 is 11.6 Å². The van der Waals surface area contributed by atoms with E-state index in [-0.39, 0.29) is 29.2 Å². The van der Waals surface area contributed by atoms with Crippen molar-refractivity contribution in [1.82, 2.24) is 0 Å². The van der Waals surface area contributed by atoms with Crippen molar-refractivity contribution in [2.45, 2.75) is 31.8 Å². The molecule has 0 radical (unpaired) electrons. The number of hydrazone groups is 1. The minimum Gasteiger partial charge on any atom is -0.479 e. The Labute approximate surface area is 138 Å². The molecule has 3 rings (SSSR count). The molecular weight excluding hydrogens is 323 g/mol. The standard InChI is InChI=1S/C16H14ClFN2O3/c1-2-7-22-15-9-13(11(18)8-10(15)17)20-16(21)23-14-6-4-3-5-12(14)19-20/h1,8-9,14H,3-7H2. The quantitative estimate of drug-likeness (QED) is 0.790. The molecule has 1 aliphatic heterocycles. The zero-order valence-corrected chi connectivity index (χ0v) is 13.0. The summed E-state index contributed by atoms with van der Waals surface area (Å²) in [6.07, 6.45) is 7.54. The first-order chi connectivity index (χ1) is 11.1. The second kappa shape index (κ2) is 6.47. The van der Waals surface area contributed by atoms with E-state index in [1.165, 1.54) is 6.07 Å². The number of hydrogen-bond donors (Lipinski definition) is 0. The van der Waals surface area contributed by atoms with Crippen LogP contribution in [0.15, 0.2) is 17.2 Å². The van der Waals surface area contributed by atoms with Gasteiger partial charge in [-0.05, 0) is 31.7 Å². The Hall–Kier alpha value is -2.26. The smallest absolute Gasteiger partial charge is 0.435 e. The summed E-state index contributed by atoms with van der Waals surface area (Å²) in [4.78, 5) is 12.1. The van der Waals surface area contributed by atoms with E-state index in [2.05, 4.69) is 11.0 Å². The molecule has 1 aliphatic carbocycles. The summed E-state index contributed by atoms with van der Waals surface area (Å²) in [6, 6.07) is 2.35. The minimum atomic E-state index is -0.718. The van der Waals surface area contributed by atoms with E-state index in [1.54, 1.807) is 0 Å². The van der Waals surface area contributed by atoms with Crippen LogP contribution in [0.2, 0.25) is 5.02 Å². The van der Waals surface area contributed by atoms with Crippen molar-refractivity contribution >= 4 is 29.1 Å². The summed E-state index contributed by atoms with van der Waals surface area (Å²) >= 11 is 5.92. The first-order valence-corrected chi connectivity index (χ1v) is 7.61. The Morgan fingerprint density at radius 2 is 2.35 bits per heavy atom. The molecule has 120 valence electrons. The van der Waals surface area contributed by atoms with E-state index in [0.717, 1.165) is 42.5 Å². The topological polar surface area (TPSA) is 51.1 Å². The number of terminal acetylenes is 1. The highest BCUT2D eigenvalue weighted by molar-refractivity contribution is 6.32. The van der Waals surface area contributed by atoms with Crippen molar-refractivity contribution in [3.05, 3.63) is 23.0 Å². The second-order valence-electron chi connectivity index (χ2n) is 5.25. The lowest BCUT2D eigenvalue weighted by Gasteiger charge is -2.32. The molecule has 7 heteroatoms. The third-order valence-corrected chi connectivity index (χ3v) is 4.00. The number of fused-ring (bicyclic) bond motifs is 1.